The smallest absolute Gasteiger partial charge is 0.0622 e. The van der Waals surface area contributed by atoms with E-state index in [1.165, 1.54) is 17.5 Å². The lowest BCUT2D eigenvalue weighted by atomic mass is 9.98. The number of fused-ring (bicyclic) bond motifs is 1. The van der Waals surface area contributed by atoms with Crippen molar-refractivity contribution in [3.05, 3.63) is 29.3 Å². The standard InChI is InChI=1S/C13H17NOS/c16-13-2-1-11-8-14(5-3-10(11)7-13)12-4-6-15-9-12/h1-2,7,12,16H,3-6,8-9H2. The molecule has 2 aliphatic heterocycles. The Morgan fingerprint density at radius 3 is 3.06 bits per heavy atom. The zero-order valence-electron chi connectivity index (χ0n) is 9.35. The Bertz CT molecular complexity index is 388. The highest BCUT2D eigenvalue weighted by molar-refractivity contribution is 7.80. The summed E-state index contributed by atoms with van der Waals surface area (Å²) in [6, 6.07) is 7.17. The maximum absolute atomic E-state index is 5.46. The van der Waals surface area contributed by atoms with E-state index in [2.05, 4.69) is 35.7 Å². The molecule has 0 aromatic heterocycles. The van der Waals surface area contributed by atoms with Crippen molar-refractivity contribution in [1.29, 1.82) is 0 Å². The van der Waals surface area contributed by atoms with Gasteiger partial charge < -0.3 is 4.74 Å². The first-order chi connectivity index (χ1) is 7.83. The summed E-state index contributed by atoms with van der Waals surface area (Å²) in [5, 5.41) is 0. The van der Waals surface area contributed by atoms with Crippen LogP contribution in [0.2, 0.25) is 0 Å². The second-order valence-corrected chi connectivity index (χ2v) is 5.21. The summed E-state index contributed by atoms with van der Waals surface area (Å²) in [4.78, 5) is 3.64. The molecule has 2 heterocycles. The summed E-state index contributed by atoms with van der Waals surface area (Å²) in [5.41, 5.74) is 2.94. The fraction of sp³-hybridized carbons (Fsp3) is 0.538. The maximum atomic E-state index is 5.46. The van der Waals surface area contributed by atoms with E-state index < -0.39 is 0 Å². The van der Waals surface area contributed by atoms with Gasteiger partial charge in [0.15, 0.2) is 0 Å². The Kier molecular flexibility index (Phi) is 2.92. The summed E-state index contributed by atoms with van der Waals surface area (Å²) in [5.74, 6) is 0. The molecule has 0 bridgehead atoms. The molecule has 0 amide bonds. The fourth-order valence-corrected chi connectivity index (χ4v) is 2.91. The highest BCUT2D eigenvalue weighted by Crippen LogP contribution is 2.25. The minimum absolute atomic E-state index is 0.642. The Balaban J connectivity index is 1.78. The molecule has 1 atom stereocenters. The van der Waals surface area contributed by atoms with Crippen LogP contribution >= 0.6 is 12.6 Å². The van der Waals surface area contributed by atoms with E-state index in [1.807, 2.05) is 0 Å². The first-order valence-corrected chi connectivity index (χ1v) is 6.40. The van der Waals surface area contributed by atoms with Gasteiger partial charge in [-0.05, 0) is 36.1 Å². The topological polar surface area (TPSA) is 12.5 Å². The van der Waals surface area contributed by atoms with Crippen LogP contribution in [0.1, 0.15) is 17.5 Å². The molecule has 0 radical (unpaired) electrons. The molecule has 1 unspecified atom stereocenters. The van der Waals surface area contributed by atoms with Gasteiger partial charge in [-0.1, -0.05) is 6.07 Å². The molecule has 1 aromatic carbocycles. The summed E-state index contributed by atoms with van der Waals surface area (Å²) in [7, 11) is 0. The van der Waals surface area contributed by atoms with Gasteiger partial charge in [-0.25, -0.2) is 0 Å². The lowest BCUT2D eigenvalue weighted by Gasteiger charge is -2.32. The van der Waals surface area contributed by atoms with E-state index in [1.54, 1.807) is 0 Å². The van der Waals surface area contributed by atoms with Gasteiger partial charge in [0.2, 0.25) is 0 Å². The normalized spacial score (nSPS) is 25.7. The molecule has 86 valence electrons. The number of hydrogen-bond donors (Lipinski definition) is 1. The van der Waals surface area contributed by atoms with E-state index in [-0.39, 0.29) is 0 Å². The predicted octanol–water partition coefficient (Wildman–Crippen LogP) is 2.12. The molecule has 3 heteroatoms. The molecule has 1 fully saturated rings. The van der Waals surface area contributed by atoms with Crippen LogP contribution in [0.3, 0.4) is 0 Å². The highest BCUT2D eigenvalue weighted by Gasteiger charge is 2.26. The minimum Gasteiger partial charge on any atom is -0.380 e. The number of hydrogen-bond acceptors (Lipinski definition) is 3. The molecular weight excluding hydrogens is 218 g/mol. The number of benzene rings is 1. The van der Waals surface area contributed by atoms with Crippen LogP contribution in [0.5, 0.6) is 0 Å². The van der Waals surface area contributed by atoms with Crippen molar-refractivity contribution in [2.75, 3.05) is 19.8 Å². The molecule has 0 aliphatic carbocycles. The summed E-state index contributed by atoms with van der Waals surface area (Å²) in [6.45, 7) is 4.10. The average Bonchev–Trinajstić information content (AvgIpc) is 2.82. The molecule has 0 N–H and O–H groups in total. The van der Waals surface area contributed by atoms with Gasteiger partial charge in [-0.3, -0.25) is 4.90 Å². The highest BCUT2D eigenvalue weighted by atomic mass is 32.1. The van der Waals surface area contributed by atoms with Gasteiger partial charge in [0.25, 0.3) is 0 Å². The first kappa shape index (κ1) is 10.6. The minimum atomic E-state index is 0.642. The predicted molar refractivity (Wildman–Crippen MR) is 67.0 cm³/mol. The third-order valence-corrected chi connectivity index (χ3v) is 3.93. The van der Waals surface area contributed by atoms with Crippen molar-refractivity contribution in [3.63, 3.8) is 0 Å². The van der Waals surface area contributed by atoms with E-state index in [0.717, 1.165) is 37.6 Å². The zero-order valence-corrected chi connectivity index (χ0v) is 10.2. The molecule has 0 spiro atoms. The van der Waals surface area contributed by atoms with Crippen molar-refractivity contribution in [2.24, 2.45) is 0 Å². The van der Waals surface area contributed by atoms with Gasteiger partial charge in [0.1, 0.15) is 0 Å². The van der Waals surface area contributed by atoms with Gasteiger partial charge in [0, 0.05) is 30.6 Å². The number of ether oxygens (including phenoxy) is 1. The summed E-state index contributed by atoms with van der Waals surface area (Å²) in [6.07, 6.45) is 2.35. The Morgan fingerprint density at radius 2 is 2.25 bits per heavy atom. The lowest BCUT2D eigenvalue weighted by molar-refractivity contribution is 0.135. The molecule has 16 heavy (non-hydrogen) atoms. The summed E-state index contributed by atoms with van der Waals surface area (Å²) < 4.78 is 5.46. The molecular formula is C13H17NOS. The Morgan fingerprint density at radius 1 is 1.31 bits per heavy atom. The molecule has 2 nitrogen and oxygen atoms in total. The average molecular weight is 235 g/mol. The zero-order chi connectivity index (χ0) is 11.0. The lowest BCUT2D eigenvalue weighted by Crippen LogP contribution is -2.39. The summed E-state index contributed by atoms with van der Waals surface area (Å²) >= 11 is 4.39. The molecule has 0 saturated carbocycles. The van der Waals surface area contributed by atoms with Gasteiger partial charge in [-0.2, -0.15) is 0 Å². The van der Waals surface area contributed by atoms with Crippen LogP contribution in [0.25, 0.3) is 0 Å². The molecule has 1 aromatic rings. The fourth-order valence-electron chi connectivity index (χ4n) is 2.68. The van der Waals surface area contributed by atoms with Gasteiger partial charge in [0.05, 0.1) is 6.61 Å². The van der Waals surface area contributed by atoms with Crippen LogP contribution in [0.15, 0.2) is 23.1 Å². The largest absolute Gasteiger partial charge is 0.380 e. The van der Waals surface area contributed by atoms with E-state index in [9.17, 15) is 0 Å². The van der Waals surface area contributed by atoms with Crippen molar-refractivity contribution in [2.45, 2.75) is 30.3 Å². The molecule has 2 aliphatic rings. The Hall–Kier alpha value is -0.510. The number of nitrogens with zero attached hydrogens (tertiary/aromatic N) is 1. The monoisotopic (exact) mass is 235 g/mol. The van der Waals surface area contributed by atoms with Crippen molar-refractivity contribution in [1.82, 2.24) is 4.90 Å². The number of thiol groups is 1. The maximum Gasteiger partial charge on any atom is 0.0622 e. The third-order valence-electron chi connectivity index (χ3n) is 3.65. The van der Waals surface area contributed by atoms with Gasteiger partial charge >= 0.3 is 0 Å². The van der Waals surface area contributed by atoms with Crippen LogP contribution in [0, 0.1) is 0 Å². The second-order valence-electron chi connectivity index (χ2n) is 4.69. The van der Waals surface area contributed by atoms with Crippen molar-refractivity contribution < 1.29 is 4.74 Å². The van der Waals surface area contributed by atoms with Crippen LogP contribution < -0.4 is 0 Å². The molecule has 1 saturated heterocycles. The van der Waals surface area contributed by atoms with Crippen LogP contribution in [0.4, 0.5) is 0 Å². The van der Waals surface area contributed by atoms with Crippen LogP contribution in [-0.4, -0.2) is 30.7 Å². The Labute approximate surface area is 102 Å². The SMILES string of the molecule is Sc1ccc2c(c1)CCN(C1CCOC1)C2. The molecule has 3 rings (SSSR count). The quantitative estimate of drug-likeness (QED) is 0.749. The third kappa shape index (κ3) is 1.99. The van der Waals surface area contributed by atoms with Crippen LogP contribution in [-0.2, 0) is 17.7 Å². The van der Waals surface area contributed by atoms with Gasteiger partial charge in [-0.15, -0.1) is 12.6 Å². The van der Waals surface area contributed by atoms with Crippen molar-refractivity contribution in [3.8, 4) is 0 Å². The van der Waals surface area contributed by atoms with E-state index >= 15 is 0 Å². The van der Waals surface area contributed by atoms with Crippen molar-refractivity contribution >= 4 is 12.6 Å². The first-order valence-electron chi connectivity index (χ1n) is 5.95. The van der Waals surface area contributed by atoms with E-state index in [4.69, 9.17) is 4.74 Å². The second kappa shape index (κ2) is 4.40. The van der Waals surface area contributed by atoms with E-state index in [0.29, 0.717) is 6.04 Å². The number of rotatable bonds is 1.